The molecule has 0 radical (unpaired) electrons. The summed E-state index contributed by atoms with van der Waals surface area (Å²) in [6, 6.07) is 8.16. The minimum atomic E-state index is -0.214. The van der Waals surface area contributed by atoms with Gasteiger partial charge in [0.15, 0.2) is 0 Å². The fourth-order valence-corrected chi connectivity index (χ4v) is 4.51. The topological polar surface area (TPSA) is 66.6 Å². The van der Waals surface area contributed by atoms with E-state index in [1.807, 2.05) is 34.9 Å². The molecule has 2 N–H and O–H groups in total. The molecule has 0 spiro atoms. The van der Waals surface area contributed by atoms with E-state index in [2.05, 4.69) is 17.9 Å². The van der Waals surface area contributed by atoms with Crippen LogP contribution in [0.3, 0.4) is 0 Å². The molecule has 0 bridgehead atoms. The number of nitrogens with zero attached hydrogens (tertiary/aromatic N) is 2. The number of rotatable bonds is 3. The predicted molar refractivity (Wildman–Crippen MR) is 97.1 cm³/mol. The minimum absolute atomic E-state index is 0.0347. The third kappa shape index (κ3) is 3.92. The highest BCUT2D eigenvalue weighted by atomic mass is 32.2. The quantitative estimate of drug-likeness (QED) is 0.909. The summed E-state index contributed by atoms with van der Waals surface area (Å²) in [5.74, 6) is -0.101. The number of piperidine rings is 1. The van der Waals surface area contributed by atoms with Crippen LogP contribution in [0.4, 0.5) is 5.69 Å². The van der Waals surface area contributed by atoms with E-state index in [1.54, 1.807) is 0 Å². The maximum atomic E-state index is 12.9. The van der Waals surface area contributed by atoms with E-state index in [-0.39, 0.29) is 17.7 Å². The van der Waals surface area contributed by atoms with E-state index < -0.39 is 0 Å². The second-order valence-electron chi connectivity index (χ2n) is 6.68. The van der Waals surface area contributed by atoms with Crippen molar-refractivity contribution in [2.45, 2.75) is 36.3 Å². The summed E-state index contributed by atoms with van der Waals surface area (Å²) in [6.07, 6.45) is 2.51. The van der Waals surface area contributed by atoms with Crippen LogP contribution in [0.15, 0.2) is 29.2 Å². The molecule has 0 aliphatic carbocycles. The largest absolute Gasteiger partial charge is 0.369 e. The molecule has 2 heterocycles. The van der Waals surface area contributed by atoms with Crippen molar-refractivity contribution in [1.82, 2.24) is 4.90 Å². The Kier molecular flexibility index (Phi) is 5.46. The summed E-state index contributed by atoms with van der Waals surface area (Å²) in [5.41, 5.74) is 6.41. The average Bonchev–Trinajstić information content (AvgIpc) is 2.73. The number of anilines is 1. The Morgan fingerprint density at radius 3 is 2.58 bits per heavy atom. The Hall–Kier alpha value is -1.53. The number of thioether (sulfide) groups is 1. The first-order chi connectivity index (χ1) is 11.5. The predicted octanol–water partition coefficient (Wildman–Crippen LogP) is 2.10. The van der Waals surface area contributed by atoms with Gasteiger partial charge in [-0.15, -0.1) is 11.8 Å². The van der Waals surface area contributed by atoms with E-state index in [1.165, 1.54) is 4.90 Å². The third-order valence-electron chi connectivity index (χ3n) is 4.89. The molecule has 1 saturated heterocycles. The lowest BCUT2D eigenvalue weighted by Gasteiger charge is -2.32. The number of hydrogen-bond donors (Lipinski definition) is 1. The van der Waals surface area contributed by atoms with Crippen molar-refractivity contribution in [3.63, 3.8) is 0 Å². The number of amides is 2. The number of likely N-dealkylation sites (tertiary alicyclic amines) is 1. The van der Waals surface area contributed by atoms with E-state index in [4.69, 9.17) is 5.73 Å². The number of carbonyl (C=O) groups is 2. The maximum Gasteiger partial charge on any atom is 0.241 e. The summed E-state index contributed by atoms with van der Waals surface area (Å²) >= 11 is 1.84. The van der Waals surface area contributed by atoms with Gasteiger partial charge in [0.05, 0.1) is 12.2 Å². The summed E-state index contributed by atoms with van der Waals surface area (Å²) in [6.45, 7) is 4.92. The van der Waals surface area contributed by atoms with Gasteiger partial charge in [0.25, 0.3) is 0 Å². The highest BCUT2D eigenvalue weighted by molar-refractivity contribution is 8.00. The van der Waals surface area contributed by atoms with Gasteiger partial charge in [-0.3, -0.25) is 14.5 Å². The second kappa shape index (κ2) is 7.57. The van der Waals surface area contributed by atoms with E-state index in [0.29, 0.717) is 11.8 Å². The fourth-order valence-electron chi connectivity index (χ4n) is 3.40. The normalized spacial score (nSPS) is 22.7. The van der Waals surface area contributed by atoms with Gasteiger partial charge < -0.3 is 10.6 Å². The zero-order chi connectivity index (χ0) is 17.1. The molecule has 0 aromatic heterocycles. The summed E-state index contributed by atoms with van der Waals surface area (Å²) < 4.78 is 0. The smallest absolute Gasteiger partial charge is 0.241 e. The molecule has 2 amide bonds. The number of benzene rings is 1. The molecule has 1 aromatic carbocycles. The van der Waals surface area contributed by atoms with Crippen molar-refractivity contribution in [3.8, 4) is 0 Å². The second-order valence-corrected chi connectivity index (χ2v) is 8.16. The molecule has 2 aliphatic rings. The monoisotopic (exact) mass is 347 g/mol. The molecule has 0 saturated carbocycles. The Bertz CT molecular complexity index is 614. The highest BCUT2D eigenvalue weighted by Gasteiger charge is 2.28. The van der Waals surface area contributed by atoms with Gasteiger partial charge >= 0.3 is 0 Å². The van der Waals surface area contributed by atoms with Gasteiger partial charge in [0, 0.05) is 22.6 Å². The Labute approximate surface area is 147 Å². The Balaban J connectivity index is 1.66. The first kappa shape index (κ1) is 17.3. The number of carbonyl (C=O) groups excluding carboxylic acids is 2. The SMILES string of the molecule is C[C@H]1CCN(C(=O)CN2CCC(C(N)=O)CC2)c2ccccc2S1. The number of para-hydroxylation sites is 1. The molecule has 2 aliphatic heterocycles. The van der Waals surface area contributed by atoms with Crippen molar-refractivity contribution < 1.29 is 9.59 Å². The standard InChI is InChI=1S/C18H25N3O2S/c1-13-6-11-21(15-4-2-3-5-16(15)24-13)17(22)12-20-9-7-14(8-10-20)18(19)23/h2-5,13-14H,6-12H2,1H3,(H2,19,23)/t13-/m0/s1. The molecule has 3 rings (SSSR count). The number of hydrogen-bond acceptors (Lipinski definition) is 4. The zero-order valence-electron chi connectivity index (χ0n) is 14.1. The van der Waals surface area contributed by atoms with Crippen LogP contribution in [0, 0.1) is 5.92 Å². The van der Waals surface area contributed by atoms with Crippen LogP contribution < -0.4 is 10.6 Å². The number of nitrogens with two attached hydrogens (primary N) is 1. The molecule has 5 nitrogen and oxygen atoms in total. The van der Waals surface area contributed by atoms with E-state index in [9.17, 15) is 9.59 Å². The van der Waals surface area contributed by atoms with Gasteiger partial charge in [-0.25, -0.2) is 0 Å². The molecule has 1 atom stereocenters. The molecule has 0 unspecified atom stereocenters. The Morgan fingerprint density at radius 2 is 1.88 bits per heavy atom. The Morgan fingerprint density at radius 1 is 1.17 bits per heavy atom. The molecule has 24 heavy (non-hydrogen) atoms. The molecule has 1 aromatic rings. The van der Waals surface area contributed by atoms with Crippen LogP contribution in [0.25, 0.3) is 0 Å². The van der Waals surface area contributed by atoms with Crippen LogP contribution in [-0.4, -0.2) is 48.1 Å². The van der Waals surface area contributed by atoms with Gasteiger partial charge in [-0.05, 0) is 44.5 Å². The van der Waals surface area contributed by atoms with Crippen LogP contribution >= 0.6 is 11.8 Å². The summed E-state index contributed by atoms with van der Waals surface area (Å²) in [4.78, 5) is 29.4. The molecule has 130 valence electrons. The van der Waals surface area contributed by atoms with Gasteiger partial charge in [-0.2, -0.15) is 0 Å². The molecule has 1 fully saturated rings. The molecular formula is C18H25N3O2S. The van der Waals surface area contributed by atoms with Crippen LogP contribution in [0.2, 0.25) is 0 Å². The van der Waals surface area contributed by atoms with Crippen molar-refractivity contribution in [3.05, 3.63) is 24.3 Å². The van der Waals surface area contributed by atoms with E-state index >= 15 is 0 Å². The van der Waals surface area contributed by atoms with Crippen LogP contribution in [0.5, 0.6) is 0 Å². The van der Waals surface area contributed by atoms with Crippen molar-refractivity contribution in [2.24, 2.45) is 11.7 Å². The van der Waals surface area contributed by atoms with E-state index in [0.717, 1.165) is 44.6 Å². The third-order valence-corrected chi connectivity index (χ3v) is 6.13. The molecule has 6 heteroatoms. The first-order valence-corrected chi connectivity index (χ1v) is 9.50. The lowest BCUT2D eigenvalue weighted by Crippen LogP contribution is -2.45. The van der Waals surface area contributed by atoms with Gasteiger partial charge in [-0.1, -0.05) is 19.1 Å². The summed E-state index contributed by atoms with van der Waals surface area (Å²) in [5, 5.41) is 0.510. The fraction of sp³-hybridized carbons (Fsp3) is 0.556. The lowest BCUT2D eigenvalue weighted by atomic mass is 9.96. The zero-order valence-corrected chi connectivity index (χ0v) is 14.9. The van der Waals surface area contributed by atoms with Crippen molar-refractivity contribution in [2.75, 3.05) is 31.1 Å². The van der Waals surface area contributed by atoms with Crippen LogP contribution in [0.1, 0.15) is 26.2 Å². The minimum Gasteiger partial charge on any atom is -0.369 e. The van der Waals surface area contributed by atoms with Crippen molar-refractivity contribution in [1.29, 1.82) is 0 Å². The molecular weight excluding hydrogens is 322 g/mol. The maximum absolute atomic E-state index is 12.9. The lowest BCUT2D eigenvalue weighted by molar-refractivity contribution is -0.123. The summed E-state index contributed by atoms with van der Waals surface area (Å²) in [7, 11) is 0. The first-order valence-electron chi connectivity index (χ1n) is 8.62. The number of fused-ring (bicyclic) bond motifs is 1. The van der Waals surface area contributed by atoms with Crippen molar-refractivity contribution >= 4 is 29.3 Å². The van der Waals surface area contributed by atoms with Crippen LogP contribution in [-0.2, 0) is 9.59 Å². The van der Waals surface area contributed by atoms with Gasteiger partial charge in [0.2, 0.25) is 11.8 Å². The average molecular weight is 347 g/mol. The number of primary amides is 1. The van der Waals surface area contributed by atoms with Gasteiger partial charge in [0.1, 0.15) is 0 Å². The highest BCUT2D eigenvalue weighted by Crippen LogP contribution is 2.37.